The van der Waals surface area contributed by atoms with Gasteiger partial charge in [0.1, 0.15) is 6.26 Å². The summed E-state index contributed by atoms with van der Waals surface area (Å²) in [6.45, 7) is 0. The highest BCUT2D eigenvalue weighted by Gasteiger charge is 2.02. The highest BCUT2D eigenvalue weighted by atomic mass is 16.3. The average molecular weight is 157 g/mol. The van der Waals surface area contributed by atoms with Crippen LogP contribution in [0, 0.1) is 0 Å². The standard InChI is InChI=1S/C10H7NO/c1-2-4-9-8(3-1)7-11-5-6-12-10(9)11/h1-7H. The van der Waals surface area contributed by atoms with Crippen LogP contribution in [0.4, 0.5) is 0 Å². The fourth-order valence-corrected chi connectivity index (χ4v) is 1.55. The molecule has 2 nitrogen and oxygen atoms in total. The maximum Gasteiger partial charge on any atom is 0.211 e. The van der Waals surface area contributed by atoms with E-state index in [1.165, 1.54) is 10.8 Å². The molecule has 3 rings (SSSR count). The molecule has 0 saturated carbocycles. The third-order valence-electron chi connectivity index (χ3n) is 2.11. The van der Waals surface area contributed by atoms with Crippen molar-refractivity contribution in [3.05, 3.63) is 42.9 Å². The van der Waals surface area contributed by atoms with Crippen LogP contribution in [0.25, 0.3) is 16.5 Å². The van der Waals surface area contributed by atoms with Crippen LogP contribution < -0.4 is 0 Å². The Morgan fingerprint density at radius 3 is 3.08 bits per heavy atom. The smallest absolute Gasteiger partial charge is 0.211 e. The first-order valence-corrected chi connectivity index (χ1v) is 3.88. The largest absolute Gasteiger partial charge is 0.446 e. The summed E-state index contributed by atoms with van der Waals surface area (Å²) in [5, 5.41) is 2.39. The van der Waals surface area contributed by atoms with E-state index in [1.807, 2.05) is 22.7 Å². The van der Waals surface area contributed by atoms with Crippen LogP contribution >= 0.6 is 0 Å². The number of rotatable bonds is 0. The Hall–Kier alpha value is -1.70. The minimum absolute atomic E-state index is 0.922. The van der Waals surface area contributed by atoms with Crippen LogP contribution in [0.2, 0.25) is 0 Å². The summed E-state index contributed by atoms with van der Waals surface area (Å²) in [5.41, 5.74) is 0.922. The van der Waals surface area contributed by atoms with E-state index in [9.17, 15) is 0 Å². The molecule has 58 valence electrons. The third kappa shape index (κ3) is 0.593. The molecular weight excluding hydrogens is 150 g/mol. The summed E-state index contributed by atoms with van der Waals surface area (Å²) in [6.07, 6.45) is 5.67. The maximum atomic E-state index is 5.33. The van der Waals surface area contributed by atoms with Crippen LogP contribution in [0.3, 0.4) is 0 Å². The topological polar surface area (TPSA) is 17.6 Å². The Kier molecular flexibility index (Phi) is 0.939. The quantitative estimate of drug-likeness (QED) is 0.490. The van der Waals surface area contributed by atoms with Crippen LogP contribution in [0.5, 0.6) is 0 Å². The molecule has 3 aromatic rings. The minimum atomic E-state index is 0.922. The fourth-order valence-electron chi connectivity index (χ4n) is 1.55. The number of oxazole rings is 1. The molecule has 0 N–H and O–H groups in total. The third-order valence-corrected chi connectivity index (χ3v) is 2.11. The van der Waals surface area contributed by atoms with Gasteiger partial charge in [-0.25, -0.2) is 0 Å². The molecule has 0 unspecified atom stereocenters. The number of fused-ring (bicyclic) bond motifs is 3. The molecule has 12 heavy (non-hydrogen) atoms. The minimum Gasteiger partial charge on any atom is -0.446 e. The summed E-state index contributed by atoms with van der Waals surface area (Å²) in [7, 11) is 0. The van der Waals surface area contributed by atoms with E-state index < -0.39 is 0 Å². The van der Waals surface area contributed by atoms with E-state index in [0.717, 1.165) is 5.71 Å². The van der Waals surface area contributed by atoms with Crippen LogP contribution in [0.1, 0.15) is 0 Å². The lowest BCUT2D eigenvalue weighted by Gasteiger charge is -1.84. The zero-order valence-corrected chi connectivity index (χ0v) is 6.40. The first-order chi connectivity index (χ1) is 5.95. The van der Waals surface area contributed by atoms with Gasteiger partial charge in [-0.3, -0.25) is 4.40 Å². The van der Waals surface area contributed by atoms with Crippen molar-refractivity contribution in [2.24, 2.45) is 0 Å². The van der Waals surface area contributed by atoms with Gasteiger partial charge in [0.05, 0.1) is 0 Å². The predicted octanol–water partition coefficient (Wildman–Crippen LogP) is 2.69. The molecule has 0 spiro atoms. The SMILES string of the molecule is c1ccc2c(c1)cn1ccoc21. The number of benzene rings is 1. The van der Waals surface area contributed by atoms with Crippen molar-refractivity contribution in [2.75, 3.05) is 0 Å². The average Bonchev–Trinajstić information content (AvgIpc) is 2.62. The normalized spacial score (nSPS) is 11.3. The number of aromatic nitrogens is 1. The lowest BCUT2D eigenvalue weighted by molar-refractivity contribution is 0.612. The van der Waals surface area contributed by atoms with E-state index in [2.05, 4.69) is 18.3 Å². The second kappa shape index (κ2) is 1.91. The van der Waals surface area contributed by atoms with Crippen molar-refractivity contribution < 1.29 is 4.42 Å². The zero-order valence-electron chi connectivity index (χ0n) is 6.40. The van der Waals surface area contributed by atoms with Gasteiger partial charge in [0.2, 0.25) is 5.71 Å². The Morgan fingerprint density at radius 2 is 2.08 bits per heavy atom. The van der Waals surface area contributed by atoms with Crippen molar-refractivity contribution in [1.82, 2.24) is 4.40 Å². The molecule has 2 heterocycles. The van der Waals surface area contributed by atoms with Gasteiger partial charge >= 0.3 is 0 Å². The molecule has 0 aliphatic heterocycles. The van der Waals surface area contributed by atoms with Crippen molar-refractivity contribution in [3.8, 4) is 0 Å². The summed E-state index contributed by atoms with van der Waals surface area (Å²) in [5.74, 6) is 0. The van der Waals surface area contributed by atoms with Gasteiger partial charge in [0, 0.05) is 23.2 Å². The molecule has 0 bridgehead atoms. The Balaban J connectivity index is 2.68. The van der Waals surface area contributed by atoms with Crippen LogP contribution in [0.15, 0.2) is 47.3 Å². The monoisotopic (exact) mass is 157 g/mol. The van der Waals surface area contributed by atoms with Crippen molar-refractivity contribution in [3.63, 3.8) is 0 Å². The predicted molar refractivity (Wildman–Crippen MR) is 47.2 cm³/mol. The second-order valence-electron chi connectivity index (χ2n) is 2.83. The molecule has 0 fully saturated rings. The molecule has 0 saturated heterocycles. The molecular formula is C10H7NO. The van der Waals surface area contributed by atoms with E-state index >= 15 is 0 Å². The number of hydrogen-bond donors (Lipinski definition) is 0. The van der Waals surface area contributed by atoms with Crippen LogP contribution in [-0.2, 0) is 0 Å². The van der Waals surface area contributed by atoms with Gasteiger partial charge in [-0.2, -0.15) is 0 Å². The van der Waals surface area contributed by atoms with E-state index in [4.69, 9.17) is 4.42 Å². The Bertz CT molecular complexity index is 532. The molecule has 1 aromatic carbocycles. The molecule has 0 amide bonds. The van der Waals surface area contributed by atoms with Crippen molar-refractivity contribution in [1.29, 1.82) is 0 Å². The first kappa shape index (κ1) is 5.89. The molecule has 0 atom stereocenters. The first-order valence-electron chi connectivity index (χ1n) is 3.88. The van der Waals surface area contributed by atoms with Gasteiger partial charge in [-0.05, 0) is 6.07 Å². The lowest BCUT2D eigenvalue weighted by atomic mass is 10.2. The maximum absolute atomic E-state index is 5.33. The second-order valence-corrected chi connectivity index (χ2v) is 2.83. The Labute approximate surface area is 69.0 Å². The van der Waals surface area contributed by atoms with Crippen molar-refractivity contribution in [2.45, 2.75) is 0 Å². The summed E-state index contributed by atoms with van der Waals surface area (Å²) >= 11 is 0. The van der Waals surface area contributed by atoms with Gasteiger partial charge in [-0.15, -0.1) is 0 Å². The van der Waals surface area contributed by atoms with E-state index in [1.54, 1.807) is 6.26 Å². The molecule has 2 aromatic heterocycles. The molecule has 2 heteroatoms. The van der Waals surface area contributed by atoms with Crippen molar-refractivity contribution >= 4 is 16.5 Å². The van der Waals surface area contributed by atoms with E-state index in [0.29, 0.717) is 0 Å². The highest BCUT2D eigenvalue weighted by Crippen LogP contribution is 2.21. The molecule has 0 aliphatic rings. The number of hydrogen-bond acceptors (Lipinski definition) is 1. The van der Waals surface area contributed by atoms with E-state index in [-0.39, 0.29) is 0 Å². The number of nitrogens with zero attached hydrogens (tertiary/aromatic N) is 1. The van der Waals surface area contributed by atoms with Gasteiger partial charge < -0.3 is 4.42 Å². The van der Waals surface area contributed by atoms with Gasteiger partial charge in [0.25, 0.3) is 0 Å². The molecule has 0 aliphatic carbocycles. The lowest BCUT2D eigenvalue weighted by Crippen LogP contribution is -1.66. The summed E-state index contributed by atoms with van der Waals surface area (Å²) < 4.78 is 7.32. The van der Waals surface area contributed by atoms with Crippen LogP contribution in [-0.4, -0.2) is 4.40 Å². The summed E-state index contributed by atoms with van der Waals surface area (Å²) in [6, 6.07) is 8.19. The highest BCUT2D eigenvalue weighted by molar-refractivity contribution is 5.94. The van der Waals surface area contributed by atoms with Gasteiger partial charge in [0.15, 0.2) is 0 Å². The fraction of sp³-hybridized carbons (Fsp3) is 0. The summed E-state index contributed by atoms with van der Waals surface area (Å²) in [4.78, 5) is 0. The zero-order chi connectivity index (χ0) is 7.97. The van der Waals surface area contributed by atoms with Gasteiger partial charge in [-0.1, -0.05) is 18.2 Å². The Morgan fingerprint density at radius 1 is 1.17 bits per heavy atom. The molecule has 0 radical (unpaired) electrons.